The van der Waals surface area contributed by atoms with E-state index in [-0.39, 0.29) is 0 Å². The number of anilines is 1. The molecule has 3 nitrogen and oxygen atoms in total. The fourth-order valence-corrected chi connectivity index (χ4v) is 0.761. The van der Waals surface area contributed by atoms with Gasteiger partial charge in [-0.25, -0.2) is 4.98 Å². The highest BCUT2D eigenvalue weighted by Gasteiger charge is 1.91. The Labute approximate surface area is 66.4 Å². The molecule has 0 aliphatic carbocycles. The molecule has 0 saturated carbocycles. The van der Waals surface area contributed by atoms with Crippen molar-refractivity contribution >= 4 is 5.69 Å². The Bertz CT molecular complexity index is 208. The molecule has 11 heavy (non-hydrogen) atoms. The quantitative estimate of drug-likeness (QED) is 0.713. The maximum atomic E-state index is 5.17. The third-order valence-electron chi connectivity index (χ3n) is 1.32. The van der Waals surface area contributed by atoms with E-state index in [4.69, 9.17) is 4.74 Å². The van der Waals surface area contributed by atoms with Crippen LogP contribution in [0.4, 0.5) is 5.69 Å². The summed E-state index contributed by atoms with van der Waals surface area (Å²) in [5, 5.41) is 2.98. The average Bonchev–Trinajstić information content (AvgIpc) is 2.07. The van der Waals surface area contributed by atoms with Crippen molar-refractivity contribution in [2.24, 2.45) is 0 Å². The third kappa shape index (κ3) is 2.11. The average molecular weight is 152 g/mol. The van der Waals surface area contributed by atoms with Crippen molar-refractivity contribution < 1.29 is 4.74 Å². The zero-order valence-electron chi connectivity index (χ0n) is 6.79. The van der Waals surface area contributed by atoms with Gasteiger partial charge in [0.15, 0.2) is 0 Å². The molecule has 0 spiro atoms. The first kappa shape index (κ1) is 7.85. The molecule has 1 rings (SSSR count). The van der Waals surface area contributed by atoms with Gasteiger partial charge in [-0.15, -0.1) is 0 Å². The highest BCUT2D eigenvalue weighted by atomic mass is 16.5. The molecule has 1 aromatic heterocycles. The zero-order valence-corrected chi connectivity index (χ0v) is 6.79. The van der Waals surface area contributed by atoms with Crippen LogP contribution < -0.4 is 10.1 Å². The van der Waals surface area contributed by atoms with Crippen molar-refractivity contribution in [3.8, 4) is 5.88 Å². The molecule has 1 aromatic rings. The van der Waals surface area contributed by atoms with Crippen LogP contribution in [-0.4, -0.2) is 18.6 Å². The molecule has 0 fully saturated rings. The van der Waals surface area contributed by atoms with Gasteiger partial charge in [0.2, 0.25) is 5.88 Å². The lowest BCUT2D eigenvalue weighted by molar-refractivity contribution is 0.327. The predicted molar refractivity (Wildman–Crippen MR) is 45.0 cm³/mol. The summed E-state index contributed by atoms with van der Waals surface area (Å²) >= 11 is 0. The van der Waals surface area contributed by atoms with Crippen LogP contribution in [0.1, 0.15) is 6.92 Å². The van der Waals surface area contributed by atoms with Gasteiger partial charge in [-0.3, -0.25) is 0 Å². The van der Waals surface area contributed by atoms with Crippen LogP contribution in [-0.2, 0) is 0 Å². The van der Waals surface area contributed by atoms with E-state index in [9.17, 15) is 0 Å². The second kappa shape index (κ2) is 3.81. The maximum absolute atomic E-state index is 5.17. The van der Waals surface area contributed by atoms with Crippen LogP contribution in [0.2, 0.25) is 0 Å². The molecule has 1 N–H and O–H groups in total. The monoisotopic (exact) mass is 152 g/mol. The molecular formula is C8H12N2O. The van der Waals surface area contributed by atoms with E-state index >= 15 is 0 Å². The number of nitrogens with zero attached hydrogens (tertiary/aromatic N) is 1. The fourth-order valence-electron chi connectivity index (χ4n) is 0.761. The Morgan fingerprint density at radius 2 is 2.36 bits per heavy atom. The SMILES string of the molecule is CCOc1ccc(NC)cn1. The summed E-state index contributed by atoms with van der Waals surface area (Å²) in [7, 11) is 1.86. The number of hydrogen-bond acceptors (Lipinski definition) is 3. The minimum Gasteiger partial charge on any atom is -0.478 e. The standard InChI is InChI=1S/C8H12N2O/c1-3-11-8-5-4-7(9-2)6-10-8/h4-6,9H,3H2,1-2H3. The molecular weight excluding hydrogens is 140 g/mol. The normalized spacial score (nSPS) is 9.27. The summed E-state index contributed by atoms with van der Waals surface area (Å²) in [4.78, 5) is 4.05. The molecule has 0 aliphatic rings. The van der Waals surface area contributed by atoms with Crippen molar-refractivity contribution in [1.29, 1.82) is 0 Å². The van der Waals surface area contributed by atoms with Crippen molar-refractivity contribution in [3.05, 3.63) is 18.3 Å². The number of aromatic nitrogens is 1. The molecule has 60 valence electrons. The maximum Gasteiger partial charge on any atom is 0.213 e. The molecule has 3 heteroatoms. The number of rotatable bonds is 3. The zero-order chi connectivity index (χ0) is 8.10. The van der Waals surface area contributed by atoms with E-state index in [0.29, 0.717) is 12.5 Å². The highest BCUT2D eigenvalue weighted by Crippen LogP contribution is 2.09. The van der Waals surface area contributed by atoms with Crippen LogP contribution in [0.15, 0.2) is 18.3 Å². The molecule has 0 radical (unpaired) electrons. The number of hydrogen-bond donors (Lipinski definition) is 1. The van der Waals surface area contributed by atoms with E-state index < -0.39 is 0 Å². The Hall–Kier alpha value is -1.25. The highest BCUT2D eigenvalue weighted by molar-refractivity contribution is 5.40. The molecule has 0 saturated heterocycles. The van der Waals surface area contributed by atoms with Gasteiger partial charge in [-0.1, -0.05) is 0 Å². The number of nitrogens with one attached hydrogen (secondary N) is 1. The van der Waals surface area contributed by atoms with Gasteiger partial charge in [0.05, 0.1) is 18.5 Å². The van der Waals surface area contributed by atoms with E-state index in [0.717, 1.165) is 5.69 Å². The molecule has 1 heterocycles. The first-order valence-corrected chi connectivity index (χ1v) is 3.63. The van der Waals surface area contributed by atoms with Gasteiger partial charge in [-0.05, 0) is 13.0 Å². The Balaban J connectivity index is 2.66. The van der Waals surface area contributed by atoms with Crippen LogP contribution in [0.5, 0.6) is 5.88 Å². The lowest BCUT2D eigenvalue weighted by Gasteiger charge is -2.02. The van der Waals surface area contributed by atoms with Crippen LogP contribution in [0.3, 0.4) is 0 Å². The minimum absolute atomic E-state index is 0.659. The lowest BCUT2D eigenvalue weighted by Crippen LogP contribution is -1.95. The van der Waals surface area contributed by atoms with Gasteiger partial charge in [0.1, 0.15) is 0 Å². The Kier molecular flexibility index (Phi) is 2.72. The second-order valence-corrected chi connectivity index (χ2v) is 2.07. The van der Waals surface area contributed by atoms with Crippen molar-refractivity contribution in [3.63, 3.8) is 0 Å². The van der Waals surface area contributed by atoms with Gasteiger partial charge in [-0.2, -0.15) is 0 Å². The van der Waals surface area contributed by atoms with Crippen LogP contribution >= 0.6 is 0 Å². The molecule has 0 aliphatic heterocycles. The van der Waals surface area contributed by atoms with Crippen molar-refractivity contribution in [2.75, 3.05) is 19.0 Å². The van der Waals surface area contributed by atoms with Crippen molar-refractivity contribution in [1.82, 2.24) is 4.98 Å². The van der Waals surface area contributed by atoms with E-state index in [1.165, 1.54) is 0 Å². The van der Waals surface area contributed by atoms with Gasteiger partial charge in [0.25, 0.3) is 0 Å². The van der Waals surface area contributed by atoms with Gasteiger partial charge in [0, 0.05) is 13.1 Å². The summed E-state index contributed by atoms with van der Waals surface area (Å²) in [5.74, 6) is 0.673. The summed E-state index contributed by atoms with van der Waals surface area (Å²) < 4.78 is 5.17. The van der Waals surface area contributed by atoms with Gasteiger partial charge < -0.3 is 10.1 Å². The lowest BCUT2D eigenvalue weighted by atomic mass is 10.4. The summed E-state index contributed by atoms with van der Waals surface area (Å²) in [6.45, 7) is 2.60. The smallest absolute Gasteiger partial charge is 0.213 e. The largest absolute Gasteiger partial charge is 0.478 e. The minimum atomic E-state index is 0.659. The van der Waals surface area contributed by atoms with E-state index in [2.05, 4.69) is 10.3 Å². The molecule has 0 unspecified atom stereocenters. The Morgan fingerprint density at radius 3 is 2.82 bits per heavy atom. The van der Waals surface area contributed by atoms with Crippen LogP contribution in [0.25, 0.3) is 0 Å². The number of pyridine rings is 1. The van der Waals surface area contributed by atoms with E-state index in [1.807, 2.05) is 26.1 Å². The molecule has 0 amide bonds. The molecule has 0 aromatic carbocycles. The molecule has 0 atom stereocenters. The second-order valence-electron chi connectivity index (χ2n) is 2.07. The van der Waals surface area contributed by atoms with Gasteiger partial charge >= 0.3 is 0 Å². The topological polar surface area (TPSA) is 34.1 Å². The predicted octanol–water partition coefficient (Wildman–Crippen LogP) is 1.52. The molecule has 0 bridgehead atoms. The third-order valence-corrected chi connectivity index (χ3v) is 1.32. The van der Waals surface area contributed by atoms with E-state index in [1.54, 1.807) is 6.20 Å². The van der Waals surface area contributed by atoms with Crippen LogP contribution in [0, 0.1) is 0 Å². The first-order valence-electron chi connectivity index (χ1n) is 3.63. The summed E-state index contributed by atoms with van der Waals surface area (Å²) in [6, 6.07) is 3.77. The fraction of sp³-hybridized carbons (Fsp3) is 0.375. The Morgan fingerprint density at radius 1 is 1.55 bits per heavy atom. The summed E-state index contributed by atoms with van der Waals surface area (Å²) in [6.07, 6.45) is 1.74. The van der Waals surface area contributed by atoms with Crippen molar-refractivity contribution in [2.45, 2.75) is 6.92 Å². The summed E-state index contributed by atoms with van der Waals surface area (Å²) in [5.41, 5.74) is 0.994. The first-order chi connectivity index (χ1) is 5.36. The number of ether oxygens (including phenoxy) is 1.